The molecule has 0 amide bonds. The van der Waals surface area contributed by atoms with Gasteiger partial charge in [0.15, 0.2) is 5.82 Å². The minimum Gasteiger partial charge on any atom is -0.474 e. The van der Waals surface area contributed by atoms with Gasteiger partial charge in [0.2, 0.25) is 5.88 Å². The third kappa shape index (κ3) is 6.40. The van der Waals surface area contributed by atoms with Crippen molar-refractivity contribution in [1.82, 2.24) is 30.2 Å². The van der Waals surface area contributed by atoms with Crippen LogP contribution in [0, 0.1) is 23.6 Å². The molecule has 2 aliphatic heterocycles. The van der Waals surface area contributed by atoms with Gasteiger partial charge in [0.25, 0.3) is 5.92 Å². The Morgan fingerprint density at radius 1 is 1.08 bits per heavy atom. The van der Waals surface area contributed by atoms with E-state index in [0.29, 0.717) is 45.7 Å². The van der Waals surface area contributed by atoms with Crippen molar-refractivity contribution in [3.63, 3.8) is 0 Å². The number of likely N-dealkylation sites (tertiary alicyclic amines) is 1. The highest BCUT2D eigenvalue weighted by Crippen LogP contribution is 2.66. The third-order valence-corrected chi connectivity index (χ3v) is 9.41. The Kier molecular flexibility index (Phi) is 8.80. The molecule has 16 heteroatoms. The molecule has 0 radical (unpaired) electrons. The normalized spacial score (nSPS) is 22.3. The van der Waals surface area contributed by atoms with Crippen molar-refractivity contribution < 1.29 is 35.8 Å². The van der Waals surface area contributed by atoms with Crippen LogP contribution < -0.4 is 25.8 Å². The van der Waals surface area contributed by atoms with Crippen molar-refractivity contribution in [3.05, 3.63) is 23.1 Å². The number of halogens is 6. The first-order chi connectivity index (χ1) is 22.7. The molecule has 0 bridgehead atoms. The maximum atomic E-state index is 16.5. The summed E-state index contributed by atoms with van der Waals surface area (Å²) in [5.74, 6) is -3.95. The number of nitrogens with zero attached hydrogens (tertiary/aromatic N) is 5. The monoisotopic (exact) mass is 682 g/mol. The fourth-order valence-corrected chi connectivity index (χ4v) is 6.63. The lowest BCUT2D eigenvalue weighted by molar-refractivity contribution is -0.137. The molecule has 1 spiro atoms. The molecule has 5 heterocycles. The van der Waals surface area contributed by atoms with Crippen LogP contribution >= 0.6 is 0 Å². The number of alkyl halides is 5. The van der Waals surface area contributed by atoms with Crippen molar-refractivity contribution in [3.8, 4) is 23.1 Å². The van der Waals surface area contributed by atoms with E-state index in [1.165, 1.54) is 0 Å². The highest BCUT2D eigenvalue weighted by Gasteiger charge is 2.76. The Labute approximate surface area is 274 Å². The van der Waals surface area contributed by atoms with Gasteiger partial charge in [0.1, 0.15) is 28.2 Å². The van der Waals surface area contributed by atoms with Gasteiger partial charge in [-0.25, -0.2) is 23.1 Å². The topological polar surface area (TPSA) is 123 Å². The Hall–Kier alpha value is -3.66. The summed E-state index contributed by atoms with van der Waals surface area (Å²) in [6.45, 7) is 9.87. The maximum absolute atomic E-state index is 16.5. The van der Waals surface area contributed by atoms with Crippen LogP contribution in [0.5, 0.6) is 11.9 Å². The molecule has 262 valence electrons. The number of aryl methyl sites for hydroxylation is 1. The van der Waals surface area contributed by atoms with Gasteiger partial charge in [-0.1, -0.05) is 13.8 Å². The van der Waals surface area contributed by atoms with Crippen molar-refractivity contribution >= 4 is 22.5 Å². The fourth-order valence-electron chi connectivity index (χ4n) is 6.63. The van der Waals surface area contributed by atoms with Gasteiger partial charge in [-0.15, -0.1) is 0 Å². The van der Waals surface area contributed by atoms with Crippen LogP contribution in [-0.2, 0) is 6.18 Å². The smallest absolute Gasteiger partial charge is 0.418 e. The van der Waals surface area contributed by atoms with E-state index in [1.54, 1.807) is 6.92 Å². The second kappa shape index (κ2) is 12.3. The first kappa shape index (κ1) is 34.2. The van der Waals surface area contributed by atoms with E-state index in [4.69, 9.17) is 15.2 Å². The number of nitrogens with two attached hydrogens (primary N) is 1. The molecule has 4 N–H and O–H groups in total. The van der Waals surface area contributed by atoms with Crippen molar-refractivity contribution in [2.75, 3.05) is 56.9 Å². The second-order valence-corrected chi connectivity index (χ2v) is 13.2. The van der Waals surface area contributed by atoms with E-state index in [0.717, 1.165) is 25.8 Å². The summed E-state index contributed by atoms with van der Waals surface area (Å²) in [6, 6.07) is 0.749. The van der Waals surface area contributed by atoms with Gasteiger partial charge in [-0.2, -0.15) is 23.1 Å². The van der Waals surface area contributed by atoms with E-state index in [-0.39, 0.29) is 52.9 Å². The Morgan fingerprint density at radius 2 is 1.79 bits per heavy atom. The average Bonchev–Trinajstić information content (AvgIpc) is 3.89. The molecule has 1 saturated heterocycles. The summed E-state index contributed by atoms with van der Waals surface area (Å²) in [5.41, 5.74) is 1.48. The third-order valence-electron chi connectivity index (χ3n) is 9.41. The minimum atomic E-state index is -4.89. The lowest BCUT2D eigenvalue weighted by atomic mass is 9.93. The minimum absolute atomic E-state index is 0.0621. The van der Waals surface area contributed by atoms with E-state index >= 15 is 4.39 Å². The SMILES string of the molecule is CC.Cc1nc(N)cc(-c2nc3c4c(nc(OCC5(CN6CC7(C6)CC7(F)F)CC5)nc4c2F)NCCNCCC(C)O3)c1C(F)(F)F. The zero-order valence-corrected chi connectivity index (χ0v) is 27.3. The quantitative estimate of drug-likeness (QED) is 0.274. The molecule has 7 rings (SSSR count). The summed E-state index contributed by atoms with van der Waals surface area (Å²) < 4.78 is 98.9. The number of rotatable bonds is 6. The predicted molar refractivity (Wildman–Crippen MR) is 168 cm³/mol. The van der Waals surface area contributed by atoms with E-state index in [2.05, 4.69) is 30.6 Å². The number of nitrogens with one attached hydrogen (secondary N) is 2. The van der Waals surface area contributed by atoms with Gasteiger partial charge in [0.05, 0.1) is 29.4 Å². The van der Waals surface area contributed by atoms with E-state index < -0.39 is 51.9 Å². The molecule has 48 heavy (non-hydrogen) atoms. The zero-order chi connectivity index (χ0) is 34.6. The summed E-state index contributed by atoms with van der Waals surface area (Å²) >= 11 is 0. The lowest BCUT2D eigenvalue weighted by Gasteiger charge is -2.41. The van der Waals surface area contributed by atoms with Crippen LogP contribution in [0.2, 0.25) is 0 Å². The van der Waals surface area contributed by atoms with Gasteiger partial charge in [-0.05, 0) is 45.7 Å². The van der Waals surface area contributed by atoms with Gasteiger partial charge in [0, 0.05) is 50.1 Å². The molecule has 1 atom stereocenters. The maximum Gasteiger partial charge on any atom is 0.418 e. The van der Waals surface area contributed by atoms with Crippen molar-refractivity contribution in [2.45, 2.75) is 71.6 Å². The Morgan fingerprint density at radius 3 is 2.44 bits per heavy atom. The summed E-state index contributed by atoms with van der Waals surface area (Å²) in [5, 5.41) is 6.46. The molecule has 10 nitrogen and oxygen atoms in total. The Bertz CT molecular complexity index is 1690. The number of anilines is 2. The van der Waals surface area contributed by atoms with Crippen molar-refractivity contribution in [1.29, 1.82) is 0 Å². The van der Waals surface area contributed by atoms with Gasteiger partial charge < -0.3 is 30.7 Å². The first-order valence-corrected chi connectivity index (χ1v) is 16.3. The first-order valence-electron chi connectivity index (χ1n) is 16.3. The Balaban J connectivity index is 0.00000197. The number of hydrogen-bond donors (Lipinski definition) is 3. The largest absolute Gasteiger partial charge is 0.474 e. The van der Waals surface area contributed by atoms with E-state index in [9.17, 15) is 22.0 Å². The predicted octanol–water partition coefficient (Wildman–Crippen LogP) is 5.83. The molecular formula is C32H40F6N8O2. The average molecular weight is 683 g/mol. The highest BCUT2D eigenvalue weighted by molar-refractivity contribution is 5.96. The molecule has 3 aromatic rings. The van der Waals surface area contributed by atoms with Crippen LogP contribution in [-0.4, -0.2) is 82.7 Å². The zero-order valence-electron chi connectivity index (χ0n) is 27.3. The van der Waals surface area contributed by atoms with Crippen LogP contribution in [0.25, 0.3) is 22.2 Å². The number of hydrogen-bond acceptors (Lipinski definition) is 10. The van der Waals surface area contributed by atoms with Crippen LogP contribution in [0.4, 0.5) is 38.0 Å². The van der Waals surface area contributed by atoms with Crippen LogP contribution in [0.15, 0.2) is 6.07 Å². The summed E-state index contributed by atoms with van der Waals surface area (Å²) in [7, 11) is 0. The molecule has 2 aliphatic carbocycles. The molecule has 2 saturated carbocycles. The molecule has 1 unspecified atom stereocenters. The lowest BCUT2D eigenvalue weighted by Crippen LogP contribution is -2.53. The number of aromatic nitrogens is 4. The summed E-state index contributed by atoms with van der Waals surface area (Å²) in [6.07, 6.45) is -3.23. The number of pyridine rings is 2. The number of nitrogen functional groups attached to an aromatic ring is 1. The van der Waals surface area contributed by atoms with Gasteiger partial charge in [-0.3, -0.25) is 0 Å². The molecule has 0 aromatic carbocycles. The summed E-state index contributed by atoms with van der Waals surface area (Å²) in [4.78, 5) is 18.9. The van der Waals surface area contributed by atoms with E-state index in [1.807, 2.05) is 18.7 Å². The van der Waals surface area contributed by atoms with Gasteiger partial charge >= 0.3 is 12.2 Å². The second-order valence-electron chi connectivity index (χ2n) is 13.2. The number of ether oxygens (including phenoxy) is 2. The van der Waals surface area contributed by atoms with Crippen LogP contribution in [0.1, 0.15) is 57.7 Å². The molecule has 3 aromatic heterocycles. The van der Waals surface area contributed by atoms with Crippen LogP contribution in [0.3, 0.4) is 0 Å². The standard InChI is InChI=1S/C30H34F6N8O2.C2H6/c1-15-3-6-38-7-8-39-24-19-23(21(31)22(41-25(19)46-15)17-9-18(37)40-16(2)20(17)30(34,35)36)42-26(43-24)45-14-27(4-5-27)11-44-12-28(13-44)10-29(28,32)33;1-2/h9,15,38H,3-8,10-14H2,1-2H3,(H2,37,40)(H,39,42,43);1-2H3. The molecular weight excluding hydrogens is 642 g/mol. The molecule has 3 fully saturated rings. The van der Waals surface area contributed by atoms with Crippen molar-refractivity contribution in [2.24, 2.45) is 10.8 Å². The molecule has 4 aliphatic rings. The highest BCUT2D eigenvalue weighted by atomic mass is 19.4. The fraction of sp³-hybridized carbons (Fsp3) is 0.625.